The fraction of sp³-hybridized carbons (Fsp3) is 0.517. The Morgan fingerprint density at radius 2 is 1.74 bits per heavy atom. The molecule has 2 rings (SSSR count). The highest BCUT2D eigenvalue weighted by Crippen LogP contribution is 2.46. The Balaban J connectivity index is 2.76. The molecule has 0 spiro atoms. The molecule has 0 radical (unpaired) electrons. The third-order valence-corrected chi connectivity index (χ3v) is 6.55. The van der Waals surface area contributed by atoms with Crippen molar-refractivity contribution in [1.82, 2.24) is 0 Å². The van der Waals surface area contributed by atoms with Crippen LogP contribution in [0.4, 0.5) is 0 Å². The molecule has 0 aliphatic heterocycles. The van der Waals surface area contributed by atoms with Crippen molar-refractivity contribution in [3.63, 3.8) is 0 Å². The van der Waals surface area contributed by atoms with Crippen molar-refractivity contribution in [2.45, 2.75) is 83.5 Å². The number of unbranched alkanes of at least 4 members (excludes halogenated alkanes) is 2. The van der Waals surface area contributed by atoms with E-state index in [1.54, 1.807) is 14.2 Å². The van der Waals surface area contributed by atoms with Crippen molar-refractivity contribution in [3.05, 3.63) is 58.7 Å². The van der Waals surface area contributed by atoms with Gasteiger partial charge >= 0.3 is 5.97 Å². The summed E-state index contributed by atoms with van der Waals surface area (Å²) in [6.45, 7) is 8.48. The van der Waals surface area contributed by atoms with Crippen LogP contribution in [0.15, 0.2) is 36.4 Å². The average molecular weight is 484 g/mol. The van der Waals surface area contributed by atoms with E-state index in [9.17, 15) is 14.7 Å². The Bertz CT molecular complexity index is 1010. The van der Waals surface area contributed by atoms with Gasteiger partial charge in [-0.3, -0.25) is 9.59 Å². The maximum Gasteiger partial charge on any atom is 0.303 e. The van der Waals surface area contributed by atoms with Gasteiger partial charge in [-0.15, -0.1) is 0 Å². The zero-order valence-electron chi connectivity index (χ0n) is 22.0. The topological polar surface area (TPSA) is 98.9 Å². The average Bonchev–Trinajstić information content (AvgIpc) is 2.80. The summed E-state index contributed by atoms with van der Waals surface area (Å²) < 4.78 is 11.3. The van der Waals surface area contributed by atoms with E-state index in [1.807, 2.05) is 36.4 Å². The molecule has 0 fully saturated rings. The van der Waals surface area contributed by atoms with Gasteiger partial charge in [-0.1, -0.05) is 77.3 Å². The maximum absolute atomic E-state index is 13.2. The molecule has 0 heterocycles. The number of nitrogens with two attached hydrogens (primary N) is 1. The molecule has 0 aliphatic carbocycles. The third kappa shape index (κ3) is 7.23. The number of para-hydroxylation sites is 1. The Morgan fingerprint density at radius 1 is 1.03 bits per heavy atom. The summed E-state index contributed by atoms with van der Waals surface area (Å²) in [7, 11) is 3.21. The molecular weight excluding hydrogens is 442 g/mol. The minimum atomic E-state index is -0.851. The van der Waals surface area contributed by atoms with Crippen LogP contribution in [-0.4, -0.2) is 31.2 Å². The van der Waals surface area contributed by atoms with Gasteiger partial charge in [0.25, 0.3) is 0 Å². The van der Waals surface area contributed by atoms with E-state index in [4.69, 9.17) is 15.2 Å². The van der Waals surface area contributed by atoms with Crippen molar-refractivity contribution in [2.24, 2.45) is 5.73 Å². The highest BCUT2D eigenvalue weighted by atomic mass is 16.5. The summed E-state index contributed by atoms with van der Waals surface area (Å²) in [6.07, 6.45) is 4.21. The van der Waals surface area contributed by atoms with Crippen LogP contribution in [0.2, 0.25) is 0 Å². The number of aryl methyl sites for hydroxylation is 1. The number of carbonyl (C=O) groups excluding carboxylic acids is 1. The number of benzene rings is 2. The number of amides is 1. The van der Waals surface area contributed by atoms with Crippen LogP contribution in [0, 0.1) is 0 Å². The Labute approximate surface area is 209 Å². The van der Waals surface area contributed by atoms with Crippen LogP contribution in [0.1, 0.15) is 93.9 Å². The molecule has 0 saturated carbocycles. The molecule has 1 amide bonds. The molecule has 2 aromatic carbocycles. The molecule has 2 aromatic rings. The third-order valence-electron chi connectivity index (χ3n) is 6.55. The molecule has 0 aliphatic rings. The molecule has 2 unspecified atom stereocenters. The molecule has 2 atom stereocenters. The minimum Gasteiger partial charge on any atom is -0.493 e. The van der Waals surface area contributed by atoms with E-state index in [2.05, 4.69) is 27.7 Å². The van der Waals surface area contributed by atoms with E-state index in [0.717, 1.165) is 47.9 Å². The van der Waals surface area contributed by atoms with Gasteiger partial charge < -0.3 is 20.3 Å². The van der Waals surface area contributed by atoms with Gasteiger partial charge in [0.1, 0.15) is 0 Å². The fourth-order valence-electron chi connectivity index (χ4n) is 4.85. The van der Waals surface area contributed by atoms with E-state index >= 15 is 0 Å². The SMILES string of the molecule is CCCCCC(c1cccc(OC)c1OC)C(C(N)=O)c1cc(CCC(=O)O)ccc1C(C)(C)C. The number of carboxylic acids is 1. The van der Waals surface area contributed by atoms with Crippen LogP contribution in [0.3, 0.4) is 0 Å². The first-order valence-corrected chi connectivity index (χ1v) is 12.4. The van der Waals surface area contributed by atoms with E-state index in [1.165, 1.54) is 0 Å². The second kappa shape index (κ2) is 12.6. The number of primary amides is 1. The first-order chi connectivity index (χ1) is 16.5. The number of hydrogen-bond donors (Lipinski definition) is 2. The van der Waals surface area contributed by atoms with Crippen molar-refractivity contribution >= 4 is 11.9 Å². The highest BCUT2D eigenvalue weighted by Gasteiger charge is 2.35. The first-order valence-electron chi connectivity index (χ1n) is 12.4. The monoisotopic (exact) mass is 483 g/mol. The van der Waals surface area contributed by atoms with Gasteiger partial charge in [0.2, 0.25) is 5.91 Å². The number of rotatable bonds is 13. The summed E-state index contributed by atoms with van der Waals surface area (Å²) in [4.78, 5) is 24.4. The summed E-state index contributed by atoms with van der Waals surface area (Å²) >= 11 is 0. The molecular formula is C29H41NO5. The number of carboxylic acid groups (broad SMARTS) is 1. The van der Waals surface area contributed by atoms with Gasteiger partial charge in [0, 0.05) is 17.9 Å². The Morgan fingerprint density at radius 3 is 2.29 bits per heavy atom. The second-order valence-corrected chi connectivity index (χ2v) is 10.1. The molecule has 3 N–H and O–H groups in total. The van der Waals surface area contributed by atoms with E-state index < -0.39 is 17.8 Å². The normalized spacial score (nSPS) is 13.2. The number of carbonyl (C=O) groups is 2. The van der Waals surface area contributed by atoms with Crippen molar-refractivity contribution in [2.75, 3.05) is 14.2 Å². The lowest BCUT2D eigenvalue weighted by molar-refractivity contribution is -0.137. The molecule has 0 bridgehead atoms. The van der Waals surface area contributed by atoms with Gasteiger partial charge in [-0.05, 0) is 41.0 Å². The van der Waals surface area contributed by atoms with Gasteiger partial charge in [-0.2, -0.15) is 0 Å². The lowest BCUT2D eigenvalue weighted by atomic mass is 9.72. The lowest BCUT2D eigenvalue weighted by Crippen LogP contribution is -2.30. The Hall–Kier alpha value is -3.02. The smallest absolute Gasteiger partial charge is 0.303 e. The second-order valence-electron chi connectivity index (χ2n) is 10.1. The number of hydrogen-bond acceptors (Lipinski definition) is 4. The van der Waals surface area contributed by atoms with Gasteiger partial charge in [-0.25, -0.2) is 0 Å². The molecule has 6 heteroatoms. The predicted molar refractivity (Wildman–Crippen MR) is 139 cm³/mol. The molecule has 192 valence electrons. The van der Waals surface area contributed by atoms with Crippen LogP contribution < -0.4 is 15.2 Å². The summed E-state index contributed by atoms with van der Waals surface area (Å²) in [5.74, 6) is -0.859. The van der Waals surface area contributed by atoms with Gasteiger partial charge in [0.05, 0.1) is 20.1 Å². The van der Waals surface area contributed by atoms with E-state index in [0.29, 0.717) is 17.9 Å². The highest BCUT2D eigenvalue weighted by molar-refractivity contribution is 5.84. The first kappa shape index (κ1) is 28.2. The predicted octanol–water partition coefficient (Wildman–Crippen LogP) is 5.95. The van der Waals surface area contributed by atoms with Crippen LogP contribution in [-0.2, 0) is 21.4 Å². The van der Waals surface area contributed by atoms with Crippen molar-refractivity contribution < 1.29 is 24.2 Å². The quantitative estimate of drug-likeness (QED) is 0.343. The molecule has 0 saturated heterocycles. The standard InChI is InChI=1S/C29H41NO5/c1-7-8-9-11-20(21-12-10-13-24(34-5)27(21)35-6)26(28(30)33)22-18-19(15-17-25(31)32)14-16-23(22)29(2,3)4/h10,12-14,16,18,20,26H,7-9,11,15,17H2,1-6H3,(H2,30,33)(H,31,32). The van der Waals surface area contributed by atoms with Crippen LogP contribution in [0.25, 0.3) is 0 Å². The van der Waals surface area contributed by atoms with Crippen molar-refractivity contribution in [3.8, 4) is 11.5 Å². The zero-order chi connectivity index (χ0) is 26.2. The fourth-order valence-corrected chi connectivity index (χ4v) is 4.85. The zero-order valence-corrected chi connectivity index (χ0v) is 22.0. The molecule has 0 aromatic heterocycles. The molecule has 6 nitrogen and oxygen atoms in total. The number of ether oxygens (including phenoxy) is 2. The summed E-state index contributed by atoms with van der Waals surface area (Å²) in [6, 6.07) is 11.7. The number of methoxy groups -OCH3 is 2. The minimum absolute atomic E-state index is 0.0270. The lowest BCUT2D eigenvalue weighted by Gasteiger charge is -2.32. The van der Waals surface area contributed by atoms with Crippen molar-refractivity contribution in [1.29, 1.82) is 0 Å². The van der Waals surface area contributed by atoms with Crippen LogP contribution >= 0.6 is 0 Å². The van der Waals surface area contributed by atoms with Crippen LogP contribution in [0.5, 0.6) is 11.5 Å². The Kier molecular flexibility index (Phi) is 10.2. The summed E-state index contributed by atoms with van der Waals surface area (Å²) in [5, 5.41) is 9.19. The molecule has 35 heavy (non-hydrogen) atoms. The number of aliphatic carboxylic acids is 1. The largest absolute Gasteiger partial charge is 0.493 e. The maximum atomic E-state index is 13.2. The van der Waals surface area contributed by atoms with Gasteiger partial charge in [0.15, 0.2) is 11.5 Å². The van der Waals surface area contributed by atoms with E-state index in [-0.39, 0.29) is 17.8 Å². The summed E-state index contributed by atoms with van der Waals surface area (Å²) in [5.41, 5.74) is 9.58.